The molecule has 0 spiro atoms. The summed E-state index contributed by atoms with van der Waals surface area (Å²) in [7, 11) is -0.286. The summed E-state index contributed by atoms with van der Waals surface area (Å²) in [5.41, 5.74) is 0. The van der Waals surface area contributed by atoms with E-state index in [2.05, 4.69) is 0 Å². The molecule has 0 aromatic rings. The molecule has 0 unspecified atom stereocenters. The van der Waals surface area contributed by atoms with Gasteiger partial charge in [-0.25, -0.2) is 0 Å². The van der Waals surface area contributed by atoms with Crippen LogP contribution >= 0.6 is 0 Å². The second-order valence-corrected chi connectivity index (χ2v) is 5.82. The lowest BCUT2D eigenvalue weighted by atomic mass is 10.3. The molecular formula is C11H24O4Si. The molecule has 4 nitrogen and oxygen atoms in total. The number of ether oxygens (including phenoxy) is 4. The molecule has 0 amide bonds. The van der Waals surface area contributed by atoms with Crippen LogP contribution in [-0.2, 0) is 18.9 Å². The molecule has 0 radical (unpaired) electrons. The van der Waals surface area contributed by atoms with Gasteiger partial charge in [-0.05, 0) is 20.3 Å². The molecule has 16 heavy (non-hydrogen) atoms. The second-order valence-electron chi connectivity index (χ2n) is 3.87. The van der Waals surface area contributed by atoms with Gasteiger partial charge in [0.15, 0.2) is 0 Å². The van der Waals surface area contributed by atoms with Gasteiger partial charge in [-0.3, -0.25) is 0 Å². The first-order valence-electron chi connectivity index (χ1n) is 6.29. The van der Waals surface area contributed by atoms with Crippen molar-refractivity contribution in [2.24, 2.45) is 0 Å². The van der Waals surface area contributed by atoms with E-state index in [0.29, 0.717) is 6.10 Å². The van der Waals surface area contributed by atoms with Crippen LogP contribution in [0.25, 0.3) is 0 Å². The minimum atomic E-state index is -0.286. The van der Waals surface area contributed by atoms with Gasteiger partial charge in [0.25, 0.3) is 0 Å². The molecule has 1 fully saturated rings. The smallest absolute Gasteiger partial charge is 0.134 e. The van der Waals surface area contributed by atoms with Gasteiger partial charge in [0.1, 0.15) is 12.0 Å². The lowest BCUT2D eigenvalue weighted by molar-refractivity contribution is -0.129. The summed E-state index contributed by atoms with van der Waals surface area (Å²) in [4.78, 5) is 0. The minimum absolute atomic E-state index is 0.0991. The summed E-state index contributed by atoms with van der Waals surface area (Å²) in [6, 6.07) is 1.22. The lowest BCUT2D eigenvalue weighted by Gasteiger charge is -2.26. The van der Waals surface area contributed by atoms with Gasteiger partial charge in [0.2, 0.25) is 0 Å². The molecule has 5 heteroatoms. The molecule has 0 N–H and O–H groups in total. The third-order valence-corrected chi connectivity index (χ3v) is 4.35. The van der Waals surface area contributed by atoms with E-state index in [9.17, 15) is 0 Å². The van der Waals surface area contributed by atoms with Crippen molar-refractivity contribution in [2.45, 2.75) is 38.3 Å². The summed E-state index contributed by atoms with van der Waals surface area (Å²) in [6.45, 7) is 7.92. The van der Waals surface area contributed by atoms with E-state index in [1.54, 1.807) is 0 Å². The summed E-state index contributed by atoms with van der Waals surface area (Å²) in [5, 5.41) is 0. The average Bonchev–Trinajstić information content (AvgIpc) is 2.21. The van der Waals surface area contributed by atoms with Crippen LogP contribution in [0.4, 0.5) is 0 Å². The number of hydrogen-bond acceptors (Lipinski definition) is 4. The maximum absolute atomic E-state index is 5.60. The maximum Gasteiger partial charge on any atom is 0.134 e. The molecule has 1 heterocycles. The second kappa shape index (κ2) is 9.12. The van der Waals surface area contributed by atoms with Gasteiger partial charge in [0, 0.05) is 19.8 Å². The molecule has 96 valence electrons. The molecule has 0 bridgehead atoms. The van der Waals surface area contributed by atoms with E-state index in [-0.39, 0.29) is 15.4 Å². The molecule has 1 aliphatic heterocycles. The van der Waals surface area contributed by atoms with E-state index in [0.717, 1.165) is 39.5 Å². The summed E-state index contributed by atoms with van der Waals surface area (Å²) < 4.78 is 21.7. The molecule has 0 saturated carbocycles. The van der Waals surface area contributed by atoms with Crippen molar-refractivity contribution >= 4 is 9.52 Å². The van der Waals surface area contributed by atoms with Crippen LogP contribution in [0.2, 0.25) is 6.04 Å². The van der Waals surface area contributed by atoms with E-state index in [1.165, 1.54) is 6.04 Å². The van der Waals surface area contributed by atoms with Gasteiger partial charge in [-0.2, -0.15) is 0 Å². The predicted molar refractivity (Wildman–Crippen MR) is 65.6 cm³/mol. The van der Waals surface area contributed by atoms with Crippen LogP contribution in [-0.4, -0.2) is 54.6 Å². The molecule has 0 aromatic heterocycles. The Bertz CT molecular complexity index is 158. The molecular weight excluding hydrogens is 224 g/mol. The molecule has 0 atom stereocenters. The Morgan fingerprint density at radius 2 is 1.94 bits per heavy atom. The number of rotatable bonds is 10. The Kier molecular flexibility index (Phi) is 8.05. The van der Waals surface area contributed by atoms with Gasteiger partial charge < -0.3 is 18.9 Å². The molecule has 0 aromatic carbocycles. The predicted octanol–water partition coefficient (Wildman–Crippen LogP) is 0.736. The van der Waals surface area contributed by atoms with E-state index < -0.39 is 0 Å². The summed E-state index contributed by atoms with van der Waals surface area (Å²) in [5.74, 6) is 0.0991. The van der Waals surface area contributed by atoms with Crippen LogP contribution in [0.15, 0.2) is 0 Å². The fourth-order valence-corrected chi connectivity index (χ4v) is 3.19. The van der Waals surface area contributed by atoms with Crippen LogP contribution < -0.4 is 0 Å². The fraction of sp³-hybridized carbons (Fsp3) is 1.00. The third-order valence-electron chi connectivity index (χ3n) is 2.50. The zero-order chi connectivity index (χ0) is 11.6. The van der Waals surface area contributed by atoms with Gasteiger partial charge >= 0.3 is 0 Å². The Morgan fingerprint density at radius 1 is 1.25 bits per heavy atom. The highest BCUT2D eigenvalue weighted by Crippen LogP contribution is 2.06. The van der Waals surface area contributed by atoms with Crippen molar-refractivity contribution in [1.82, 2.24) is 0 Å². The minimum Gasteiger partial charge on any atom is -0.376 e. The Hall–Kier alpha value is 0.0569. The van der Waals surface area contributed by atoms with E-state index in [1.807, 2.05) is 13.8 Å². The standard InChI is InChI=1S/C11H24O4Si/c1-3-13-11(14-4-2)16-7-5-6-15-10-8-12-9-10/h10-11H,3-9,16H2,1-2H3. The van der Waals surface area contributed by atoms with E-state index >= 15 is 0 Å². The maximum atomic E-state index is 5.60. The van der Waals surface area contributed by atoms with Crippen molar-refractivity contribution in [3.63, 3.8) is 0 Å². The Balaban J connectivity index is 1.90. The van der Waals surface area contributed by atoms with Crippen LogP contribution in [0, 0.1) is 0 Å². The molecule has 1 aliphatic rings. The normalized spacial score (nSPS) is 17.4. The summed E-state index contributed by atoms with van der Waals surface area (Å²) in [6.07, 6.45) is 1.48. The lowest BCUT2D eigenvalue weighted by Crippen LogP contribution is -2.36. The van der Waals surface area contributed by atoms with Gasteiger partial charge in [-0.15, -0.1) is 0 Å². The largest absolute Gasteiger partial charge is 0.376 e. The van der Waals surface area contributed by atoms with E-state index in [4.69, 9.17) is 18.9 Å². The van der Waals surface area contributed by atoms with Gasteiger partial charge in [0.05, 0.1) is 22.7 Å². The van der Waals surface area contributed by atoms with Crippen molar-refractivity contribution in [3.8, 4) is 0 Å². The van der Waals surface area contributed by atoms with Crippen molar-refractivity contribution < 1.29 is 18.9 Å². The number of hydrogen-bond donors (Lipinski definition) is 0. The topological polar surface area (TPSA) is 36.9 Å². The highest BCUT2D eigenvalue weighted by molar-refractivity contribution is 6.36. The average molecular weight is 248 g/mol. The molecule has 1 rings (SSSR count). The molecule has 0 aliphatic carbocycles. The Morgan fingerprint density at radius 3 is 2.44 bits per heavy atom. The fourth-order valence-electron chi connectivity index (χ4n) is 1.56. The molecule has 1 saturated heterocycles. The summed E-state index contributed by atoms with van der Waals surface area (Å²) >= 11 is 0. The highest BCUT2D eigenvalue weighted by Gasteiger charge is 2.18. The van der Waals surface area contributed by atoms with Crippen molar-refractivity contribution in [2.75, 3.05) is 33.0 Å². The first-order valence-corrected chi connectivity index (χ1v) is 8.11. The van der Waals surface area contributed by atoms with Crippen LogP contribution in [0.1, 0.15) is 20.3 Å². The van der Waals surface area contributed by atoms with Crippen molar-refractivity contribution in [3.05, 3.63) is 0 Å². The van der Waals surface area contributed by atoms with Crippen molar-refractivity contribution in [1.29, 1.82) is 0 Å². The van der Waals surface area contributed by atoms with Crippen LogP contribution in [0.5, 0.6) is 0 Å². The first-order chi connectivity index (χ1) is 7.86. The Labute approximate surface area is 100 Å². The van der Waals surface area contributed by atoms with Gasteiger partial charge in [-0.1, -0.05) is 6.04 Å². The SMILES string of the molecule is CCOC(OCC)[SiH2]CCCOC1COC1. The quantitative estimate of drug-likeness (QED) is 0.324. The highest BCUT2D eigenvalue weighted by atomic mass is 28.2. The zero-order valence-electron chi connectivity index (χ0n) is 10.4. The third kappa shape index (κ3) is 5.96. The zero-order valence-corrected chi connectivity index (χ0v) is 11.9. The monoisotopic (exact) mass is 248 g/mol. The van der Waals surface area contributed by atoms with Crippen LogP contribution in [0.3, 0.4) is 0 Å². The first kappa shape index (κ1) is 14.1.